The van der Waals surface area contributed by atoms with E-state index >= 15 is 4.39 Å². The molecule has 7 rings (SSSR count). The summed E-state index contributed by atoms with van der Waals surface area (Å²) in [5.41, 5.74) is 0.699. The van der Waals surface area contributed by atoms with Gasteiger partial charge in [0.15, 0.2) is 17.3 Å². The number of ether oxygens (including phenoxy) is 3. The first-order chi connectivity index (χ1) is 21.1. The summed E-state index contributed by atoms with van der Waals surface area (Å²) in [6.45, 7) is 8.15. The van der Waals surface area contributed by atoms with Crippen LogP contribution in [0.4, 0.5) is 10.1 Å². The maximum absolute atomic E-state index is 15.8. The molecule has 4 heterocycles. The number of carbonyl (C=O) groups excluding carboxylic acids is 1. The molecule has 0 atom stereocenters. The summed E-state index contributed by atoms with van der Waals surface area (Å²) in [5.74, 6) is -0.359. The number of halogens is 1. The Balaban J connectivity index is 1.27. The normalized spacial score (nSPS) is 17.0. The van der Waals surface area contributed by atoms with Crippen molar-refractivity contribution in [3.8, 4) is 17.2 Å². The SMILES string of the molecule is O=C(NCCN1CCOCC1)c1cn2c3c(c(NCCN4CCOCC4)c(F)cc3c1=O)Oc1cc3ccccc3cc1-2. The van der Waals surface area contributed by atoms with Crippen LogP contribution < -0.4 is 20.8 Å². The van der Waals surface area contributed by atoms with Crippen LogP contribution in [0.2, 0.25) is 0 Å². The van der Waals surface area contributed by atoms with Crippen LogP contribution >= 0.6 is 0 Å². The third kappa shape index (κ3) is 5.45. The van der Waals surface area contributed by atoms with E-state index in [9.17, 15) is 9.59 Å². The van der Waals surface area contributed by atoms with E-state index in [0.717, 1.165) is 37.0 Å². The van der Waals surface area contributed by atoms with Crippen molar-refractivity contribution in [2.24, 2.45) is 0 Å². The van der Waals surface area contributed by atoms with Crippen molar-refractivity contribution in [2.45, 2.75) is 0 Å². The Morgan fingerprint density at radius 2 is 1.53 bits per heavy atom. The second kappa shape index (κ2) is 11.9. The number of fused-ring (bicyclic) bond motifs is 3. The lowest BCUT2D eigenvalue weighted by Crippen LogP contribution is -2.42. The summed E-state index contributed by atoms with van der Waals surface area (Å²) in [5, 5.41) is 8.14. The molecule has 0 bridgehead atoms. The Labute approximate surface area is 247 Å². The number of hydrogen-bond acceptors (Lipinski definition) is 8. The third-order valence-corrected chi connectivity index (χ3v) is 8.39. The van der Waals surface area contributed by atoms with Gasteiger partial charge in [-0.15, -0.1) is 0 Å². The van der Waals surface area contributed by atoms with Gasteiger partial charge in [-0.2, -0.15) is 0 Å². The molecule has 2 saturated heterocycles. The summed E-state index contributed by atoms with van der Waals surface area (Å²) in [7, 11) is 0. The highest BCUT2D eigenvalue weighted by atomic mass is 19.1. The van der Waals surface area contributed by atoms with Crippen LogP contribution in [-0.4, -0.2) is 99.1 Å². The van der Waals surface area contributed by atoms with Crippen LogP contribution in [0.1, 0.15) is 10.4 Å². The van der Waals surface area contributed by atoms with Crippen molar-refractivity contribution in [1.82, 2.24) is 19.7 Å². The van der Waals surface area contributed by atoms with Gasteiger partial charge in [0.25, 0.3) is 5.91 Å². The van der Waals surface area contributed by atoms with Crippen molar-refractivity contribution in [1.29, 1.82) is 0 Å². The molecule has 11 heteroatoms. The molecule has 224 valence electrons. The van der Waals surface area contributed by atoms with E-state index in [0.29, 0.717) is 69.6 Å². The van der Waals surface area contributed by atoms with Gasteiger partial charge in [0, 0.05) is 58.6 Å². The Morgan fingerprint density at radius 1 is 0.884 bits per heavy atom. The van der Waals surface area contributed by atoms with Gasteiger partial charge < -0.3 is 29.4 Å². The van der Waals surface area contributed by atoms with Gasteiger partial charge in [0.05, 0.1) is 37.5 Å². The van der Waals surface area contributed by atoms with Gasteiger partial charge in [-0.3, -0.25) is 19.4 Å². The molecule has 0 unspecified atom stereocenters. The minimum absolute atomic E-state index is 0.0473. The zero-order valence-electron chi connectivity index (χ0n) is 23.9. The van der Waals surface area contributed by atoms with Crippen LogP contribution in [0.3, 0.4) is 0 Å². The Kier molecular flexibility index (Phi) is 7.70. The number of aromatic nitrogens is 1. The maximum Gasteiger partial charge on any atom is 0.256 e. The quantitative estimate of drug-likeness (QED) is 0.286. The summed E-state index contributed by atoms with van der Waals surface area (Å²) in [4.78, 5) is 31.6. The van der Waals surface area contributed by atoms with E-state index in [2.05, 4.69) is 20.4 Å². The topological polar surface area (TPSA) is 97.3 Å². The summed E-state index contributed by atoms with van der Waals surface area (Å²) in [6.07, 6.45) is 1.56. The minimum atomic E-state index is -0.609. The number of pyridine rings is 1. The highest BCUT2D eigenvalue weighted by Gasteiger charge is 2.29. The number of nitrogens with one attached hydrogen (secondary N) is 2. The number of benzene rings is 3. The second-order valence-electron chi connectivity index (χ2n) is 11.1. The molecular weight excluding hydrogens is 553 g/mol. The average Bonchev–Trinajstić information content (AvgIpc) is 3.03. The van der Waals surface area contributed by atoms with Crippen LogP contribution in [0.5, 0.6) is 11.5 Å². The molecule has 1 amide bonds. The monoisotopic (exact) mass is 587 g/mol. The second-order valence-corrected chi connectivity index (χ2v) is 11.1. The molecular formula is C32H34FN5O5. The number of morpholine rings is 2. The fourth-order valence-electron chi connectivity index (χ4n) is 6.04. The first kappa shape index (κ1) is 27.8. The smallest absolute Gasteiger partial charge is 0.256 e. The van der Waals surface area contributed by atoms with Crippen LogP contribution in [0, 0.1) is 5.82 Å². The largest absolute Gasteiger partial charge is 0.451 e. The van der Waals surface area contributed by atoms with Crippen molar-refractivity contribution in [3.63, 3.8) is 0 Å². The van der Waals surface area contributed by atoms with E-state index in [4.69, 9.17) is 14.2 Å². The number of hydrogen-bond donors (Lipinski definition) is 2. The van der Waals surface area contributed by atoms with Crippen molar-refractivity contribution < 1.29 is 23.4 Å². The van der Waals surface area contributed by atoms with Gasteiger partial charge >= 0.3 is 0 Å². The molecule has 1 aromatic heterocycles. The molecule has 43 heavy (non-hydrogen) atoms. The highest BCUT2D eigenvalue weighted by molar-refractivity contribution is 6.02. The van der Waals surface area contributed by atoms with Crippen molar-refractivity contribution in [3.05, 3.63) is 70.3 Å². The standard InChI is InChI=1S/C32H34FN5O5/c33-25-19-23-29-31(28(25)34-5-7-36-9-13-41-14-10-36)43-27-18-22-4-2-1-3-21(22)17-26(27)38(29)20-24(30(23)39)32(40)35-6-8-37-11-15-42-16-12-37/h1-4,17-20,34H,5-16H2,(H,35,40). The molecule has 3 aromatic carbocycles. The van der Waals surface area contributed by atoms with Gasteiger partial charge in [-0.05, 0) is 29.0 Å². The predicted molar refractivity (Wildman–Crippen MR) is 162 cm³/mol. The summed E-state index contributed by atoms with van der Waals surface area (Å²) < 4.78 is 34.8. The van der Waals surface area contributed by atoms with Crippen molar-refractivity contribution >= 4 is 33.3 Å². The zero-order chi connectivity index (χ0) is 29.3. The predicted octanol–water partition coefficient (Wildman–Crippen LogP) is 3.19. The lowest BCUT2D eigenvalue weighted by molar-refractivity contribution is 0.0383. The first-order valence-electron chi connectivity index (χ1n) is 14.8. The molecule has 2 fully saturated rings. The molecule has 0 saturated carbocycles. The van der Waals surface area contributed by atoms with Crippen LogP contribution in [0.25, 0.3) is 27.4 Å². The fraction of sp³-hybridized carbons (Fsp3) is 0.375. The number of rotatable bonds is 8. The molecule has 0 aliphatic carbocycles. The molecule has 4 aromatic rings. The minimum Gasteiger partial charge on any atom is -0.451 e. The van der Waals surface area contributed by atoms with E-state index in [1.54, 1.807) is 10.8 Å². The molecule has 0 radical (unpaired) electrons. The zero-order valence-corrected chi connectivity index (χ0v) is 23.9. The lowest BCUT2D eigenvalue weighted by atomic mass is 10.0. The Bertz CT molecular complexity index is 1750. The molecule has 3 aliphatic rings. The maximum atomic E-state index is 15.8. The number of nitrogens with zero attached hydrogens (tertiary/aromatic N) is 3. The van der Waals surface area contributed by atoms with Gasteiger partial charge in [0.2, 0.25) is 5.43 Å². The molecule has 10 nitrogen and oxygen atoms in total. The van der Waals surface area contributed by atoms with Crippen molar-refractivity contribution in [2.75, 3.05) is 84.1 Å². The summed E-state index contributed by atoms with van der Waals surface area (Å²) in [6, 6.07) is 13.0. The number of amides is 1. The van der Waals surface area contributed by atoms with Gasteiger partial charge in [-0.25, -0.2) is 4.39 Å². The summed E-state index contributed by atoms with van der Waals surface area (Å²) >= 11 is 0. The van der Waals surface area contributed by atoms with Gasteiger partial charge in [-0.1, -0.05) is 24.3 Å². The van der Waals surface area contributed by atoms with E-state index in [1.807, 2.05) is 36.4 Å². The highest BCUT2D eigenvalue weighted by Crippen LogP contribution is 2.46. The molecule has 2 N–H and O–H groups in total. The number of anilines is 1. The van der Waals surface area contributed by atoms with Crippen LogP contribution in [-0.2, 0) is 9.47 Å². The molecule has 0 spiro atoms. The Morgan fingerprint density at radius 3 is 2.23 bits per heavy atom. The molecule has 3 aliphatic heterocycles. The average molecular weight is 588 g/mol. The lowest BCUT2D eigenvalue weighted by Gasteiger charge is -2.28. The fourth-order valence-corrected chi connectivity index (χ4v) is 6.04. The number of carbonyl (C=O) groups is 1. The van der Waals surface area contributed by atoms with E-state index in [1.165, 1.54) is 6.07 Å². The van der Waals surface area contributed by atoms with Gasteiger partial charge in [0.1, 0.15) is 16.8 Å². The van der Waals surface area contributed by atoms with Crippen LogP contribution in [0.15, 0.2) is 53.5 Å². The van der Waals surface area contributed by atoms with E-state index in [-0.39, 0.29) is 22.4 Å². The Hall–Kier alpha value is -4.03. The van der Waals surface area contributed by atoms with E-state index < -0.39 is 17.2 Å². The third-order valence-electron chi connectivity index (χ3n) is 8.39. The first-order valence-corrected chi connectivity index (χ1v) is 14.8.